The Balaban J connectivity index is 5.22. The quantitative estimate of drug-likeness (QED) is 0.0950. The van der Waals surface area contributed by atoms with Crippen molar-refractivity contribution >= 4 is 42.3 Å². The third-order valence-electron chi connectivity index (χ3n) is 4.45. The van der Waals surface area contributed by atoms with E-state index in [0.29, 0.717) is 25.8 Å². The zero-order chi connectivity index (χ0) is 24.8. The molecule has 0 saturated heterocycles. The molecule has 32 heavy (non-hydrogen) atoms. The van der Waals surface area contributed by atoms with Gasteiger partial charge in [0.05, 0.1) is 12.5 Å². The molecule has 0 aromatic heterocycles. The summed E-state index contributed by atoms with van der Waals surface area (Å²) in [5, 5.41) is 25.3. The van der Waals surface area contributed by atoms with Crippen molar-refractivity contribution in [1.82, 2.24) is 16.0 Å². The van der Waals surface area contributed by atoms with Gasteiger partial charge in [-0.1, -0.05) is 13.8 Å². The highest BCUT2D eigenvalue weighted by Gasteiger charge is 2.31. The first kappa shape index (κ1) is 29.6. The number of hydrogen-bond acceptors (Lipinski definition) is 8. The van der Waals surface area contributed by atoms with E-state index in [1.807, 2.05) is 13.8 Å². The van der Waals surface area contributed by atoms with E-state index in [0.717, 1.165) is 0 Å². The van der Waals surface area contributed by atoms with Crippen molar-refractivity contribution < 1.29 is 34.2 Å². The second-order valence-corrected chi connectivity index (χ2v) is 8.19. The summed E-state index contributed by atoms with van der Waals surface area (Å²) in [5.74, 6) is -5.07. The average molecular weight is 478 g/mol. The Bertz CT molecular complexity index is 662. The molecule has 0 aliphatic heterocycles. The first-order chi connectivity index (χ1) is 14.9. The number of nitrogens with one attached hydrogen (secondary N) is 3. The molecule has 13 heteroatoms. The molecule has 0 aromatic rings. The summed E-state index contributed by atoms with van der Waals surface area (Å²) >= 11 is 4.02. The summed E-state index contributed by atoms with van der Waals surface area (Å²) in [4.78, 5) is 59.8. The van der Waals surface area contributed by atoms with Crippen LogP contribution < -0.4 is 27.4 Å². The van der Waals surface area contributed by atoms with Gasteiger partial charge in [-0.25, -0.2) is 4.79 Å². The maximum atomic E-state index is 12.6. The number of unbranched alkanes of at least 4 members (excludes halogenated alkanes) is 1. The van der Waals surface area contributed by atoms with E-state index in [1.165, 1.54) is 0 Å². The van der Waals surface area contributed by atoms with Gasteiger partial charge in [0.15, 0.2) is 0 Å². The number of carbonyl (C=O) groups is 5. The Hall–Kier alpha value is -2.38. The van der Waals surface area contributed by atoms with Crippen molar-refractivity contribution in [3.63, 3.8) is 0 Å². The zero-order valence-corrected chi connectivity index (χ0v) is 19.3. The molecule has 9 N–H and O–H groups in total. The fraction of sp³-hybridized carbons (Fsp3) is 0.737. The smallest absolute Gasteiger partial charge is 0.326 e. The van der Waals surface area contributed by atoms with Gasteiger partial charge in [0.25, 0.3) is 0 Å². The van der Waals surface area contributed by atoms with Crippen LogP contribution in [-0.2, 0) is 24.0 Å². The van der Waals surface area contributed by atoms with Crippen LogP contribution in [-0.4, -0.2) is 76.3 Å². The molecule has 184 valence electrons. The number of carbonyl (C=O) groups excluding carboxylic acids is 3. The van der Waals surface area contributed by atoms with Gasteiger partial charge in [0.2, 0.25) is 17.7 Å². The summed E-state index contributed by atoms with van der Waals surface area (Å²) in [6.45, 7) is 4.12. The maximum absolute atomic E-state index is 12.6. The highest BCUT2D eigenvalue weighted by atomic mass is 32.1. The van der Waals surface area contributed by atoms with Crippen LogP contribution in [0.25, 0.3) is 0 Å². The first-order valence-electron chi connectivity index (χ1n) is 10.3. The number of rotatable bonds is 16. The van der Waals surface area contributed by atoms with Crippen molar-refractivity contribution in [2.45, 2.75) is 70.1 Å². The molecule has 0 radical (unpaired) electrons. The lowest BCUT2D eigenvalue weighted by atomic mass is 10.0. The molecule has 0 aliphatic rings. The Labute approximate surface area is 192 Å². The number of thiol groups is 1. The summed E-state index contributed by atoms with van der Waals surface area (Å²) in [6.07, 6.45) is 0.685. The SMILES string of the molecule is CC(C)CC(N)C(=O)NC(CS)C(=O)NC(CC(=O)O)C(=O)NC(CCCCN)C(=O)O. The second-order valence-electron chi connectivity index (χ2n) is 7.82. The molecular formula is C19H35N5O7S. The number of aliphatic carboxylic acids is 2. The van der Waals surface area contributed by atoms with E-state index in [1.54, 1.807) is 0 Å². The largest absolute Gasteiger partial charge is 0.481 e. The molecule has 0 spiro atoms. The highest BCUT2D eigenvalue weighted by Crippen LogP contribution is 2.05. The highest BCUT2D eigenvalue weighted by molar-refractivity contribution is 7.80. The van der Waals surface area contributed by atoms with E-state index in [2.05, 4.69) is 28.6 Å². The lowest BCUT2D eigenvalue weighted by Gasteiger charge is -2.24. The van der Waals surface area contributed by atoms with E-state index in [9.17, 15) is 29.1 Å². The lowest BCUT2D eigenvalue weighted by Crippen LogP contribution is -2.58. The number of hydrogen-bond donors (Lipinski definition) is 8. The summed E-state index contributed by atoms with van der Waals surface area (Å²) in [6, 6.07) is -4.85. The maximum Gasteiger partial charge on any atom is 0.326 e. The van der Waals surface area contributed by atoms with Gasteiger partial charge >= 0.3 is 11.9 Å². The van der Waals surface area contributed by atoms with Crippen molar-refractivity contribution in [3.05, 3.63) is 0 Å². The molecule has 0 saturated carbocycles. The zero-order valence-electron chi connectivity index (χ0n) is 18.4. The van der Waals surface area contributed by atoms with Gasteiger partial charge in [-0.15, -0.1) is 0 Å². The Morgan fingerprint density at radius 3 is 1.88 bits per heavy atom. The third-order valence-corrected chi connectivity index (χ3v) is 4.82. The van der Waals surface area contributed by atoms with Crippen molar-refractivity contribution in [2.24, 2.45) is 17.4 Å². The minimum atomic E-state index is -1.56. The van der Waals surface area contributed by atoms with Gasteiger partial charge in [-0.3, -0.25) is 19.2 Å². The molecule has 0 heterocycles. The van der Waals surface area contributed by atoms with Crippen LogP contribution in [0.4, 0.5) is 0 Å². The van der Waals surface area contributed by atoms with Crippen LogP contribution in [0.15, 0.2) is 0 Å². The number of carboxylic acid groups (broad SMARTS) is 2. The third kappa shape index (κ3) is 11.9. The van der Waals surface area contributed by atoms with Crippen LogP contribution in [0.3, 0.4) is 0 Å². The molecule has 0 aliphatic carbocycles. The van der Waals surface area contributed by atoms with Gasteiger partial charge in [-0.2, -0.15) is 12.6 Å². The monoisotopic (exact) mass is 477 g/mol. The molecule has 12 nitrogen and oxygen atoms in total. The van der Waals surface area contributed by atoms with Crippen LogP contribution in [0.1, 0.15) is 46.0 Å². The minimum Gasteiger partial charge on any atom is -0.481 e. The fourth-order valence-electron chi connectivity index (χ4n) is 2.77. The molecular weight excluding hydrogens is 442 g/mol. The Kier molecular flexibility index (Phi) is 14.3. The average Bonchev–Trinajstić information content (AvgIpc) is 2.69. The molecule has 0 aromatic carbocycles. The summed E-state index contributed by atoms with van der Waals surface area (Å²) in [5.41, 5.74) is 11.2. The Morgan fingerprint density at radius 1 is 0.875 bits per heavy atom. The van der Waals surface area contributed by atoms with Crippen LogP contribution in [0.2, 0.25) is 0 Å². The first-order valence-corrected chi connectivity index (χ1v) is 11.0. The molecule has 0 bridgehead atoms. The molecule has 0 fully saturated rings. The van der Waals surface area contributed by atoms with Gasteiger partial charge in [0.1, 0.15) is 18.1 Å². The predicted octanol–water partition coefficient (Wildman–Crippen LogP) is -1.57. The van der Waals surface area contributed by atoms with Crippen LogP contribution >= 0.6 is 12.6 Å². The molecule has 4 atom stereocenters. The topological polar surface area (TPSA) is 214 Å². The van der Waals surface area contributed by atoms with Crippen LogP contribution in [0, 0.1) is 5.92 Å². The van der Waals surface area contributed by atoms with Crippen molar-refractivity contribution in [2.75, 3.05) is 12.3 Å². The van der Waals surface area contributed by atoms with E-state index in [-0.39, 0.29) is 18.1 Å². The number of amides is 3. The van der Waals surface area contributed by atoms with Crippen LogP contribution in [0.5, 0.6) is 0 Å². The normalized spacial score (nSPS) is 14.7. The van der Waals surface area contributed by atoms with E-state index >= 15 is 0 Å². The van der Waals surface area contributed by atoms with Crippen molar-refractivity contribution in [1.29, 1.82) is 0 Å². The lowest BCUT2D eigenvalue weighted by molar-refractivity contribution is -0.143. The van der Waals surface area contributed by atoms with E-state index < -0.39 is 60.2 Å². The van der Waals surface area contributed by atoms with Gasteiger partial charge < -0.3 is 37.6 Å². The summed E-state index contributed by atoms with van der Waals surface area (Å²) in [7, 11) is 0. The number of nitrogens with two attached hydrogens (primary N) is 2. The van der Waals surface area contributed by atoms with E-state index in [4.69, 9.17) is 16.6 Å². The van der Waals surface area contributed by atoms with Crippen molar-refractivity contribution in [3.8, 4) is 0 Å². The van der Waals surface area contributed by atoms with Gasteiger partial charge in [-0.05, 0) is 38.1 Å². The standard InChI is InChI=1S/C19H35N5O7S/c1-10(2)7-11(21)16(27)24-14(9-32)18(29)23-13(8-15(25)26)17(28)22-12(19(30)31)5-3-4-6-20/h10-14,32H,3-9,20-21H2,1-2H3,(H,22,28)(H,23,29)(H,24,27)(H,25,26)(H,30,31). The Morgan fingerprint density at radius 2 is 1.41 bits per heavy atom. The fourth-order valence-corrected chi connectivity index (χ4v) is 3.02. The minimum absolute atomic E-state index is 0.0923. The second kappa shape index (κ2) is 15.4. The molecule has 4 unspecified atom stereocenters. The molecule has 0 rings (SSSR count). The van der Waals surface area contributed by atoms with Gasteiger partial charge in [0, 0.05) is 5.75 Å². The molecule has 3 amide bonds. The number of carboxylic acids is 2. The predicted molar refractivity (Wildman–Crippen MR) is 120 cm³/mol. The summed E-state index contributed by atoms with van der Waals surface area (Å²) < 4.78 is 0.